The molecule has 0 spiro atoms. The number of rotatable bonds is 0. The SMILES string of the molecule is C=c1cc/c(=C\C(C)(C)C)o1. The van der Waals surface area contributed by atoms with Gasteiger partial charge in [0.1, 0.15) is 10.8 Å². The first kappa shape index (κ1) is 8.12. The molecule has 0 aromatic carbocycles. The summed E-state index contributed by atoms with van der Waals surface area (Å²) in [6.07, 6.45) is 2.08. The topological polar surface area (TPSA) is 13.1 Å². The van der Waals surface area contributed by atoms with Crippen LogP contribution < -0.4 is 10.8 Å². The Morgan fingerprint density at radius 2 is 2.00 bits per heavy atom. The summed E-state index contributed by atoms with van der Waals surface area (Å²) in [4.78, 5) is 0. The Bertz CT molecular complexity index is 324. The van der Waals surface area contributed by atoms with E-state index in [0.29, 0.717) is 0 Å². The Morgan fingerprint density at radius 1 is 1.36 bits per heavy atom. The Balaban J connectivity index is 3.11. The summed E-state index contributed by atoms with van der Waals surface area (Å²) in [6, 6.07) is 3.81. The fourth-order valence-corrected chi connectivity index (χ4v) is 0.899. The lowest BCUT2D eigenvalue weighted by atomic mass is 9.97. The average molecular weight is 150 g/mol. The molecule has 0 aliphatic rings. The van der Waals surface area contributed by atoms with Crippen LogP contribution in [-0.2, 0) is 0 Å². The van der Waals surface area contributed by atoms with Crippen molar-refractivity contribution in [2.45, 2.75) is 20.8 Å². The third kappa shape index (κ3) is 2.62. The van der Waals surface area contributed by atoms with Crippen molar-refractivity contribution in [1.82, 2.24) is 0 Å². The van der Waals surface area contributed by atoms with Gasteiger partial charge in [-0.3, -0.25) is 0 Å². The predicted octanol–water partition coefficient (Wildman–Crippen LogP) is 1.52. The van der Waals surface area contributed by atoms with E-state index in [0.717, 1.165) is 10.8 Å². The first-order valence-corrected chi connectivity index (χ1v) is 3.75. The van der Waals surface area contributed by atoms with Gasteiger partial charge in [0.05, 0.1) is 0 Å². The molecule has 0 aliphatic heterocycles. The minimum absolute atomic E-state index is 0.171. The third-order valence-corrected chi connectivity index (χ3v) is 1.26. The van der Waals surface area contributed by atoms with Crippen molar-refractivity contribution in [2.75, 3.05) is 0 Å². The van der Waals surface area contributed by atoms with Crippen LogP contribution in [0, 0.1) is 5.41 Å². The molecule has 1 heterocycles. The van der Waals surface area contributed by atoms with Gasteiger partial charge in [0.25, 0.3) is 0 Å². The largest absolute Gasteiger partial charge is 0.458 e. The van der Waals surface area contributed by atoms with Crippen molar-refractivity contribution in [2.24, 2.45) is 5.41 Å². The van der Waals surface area contributed by atoms with E-state index < -0.39 is 0 Å². The van der Waals surface area contributed by atoms with Crippen LogP contribution >= 0.6 is 0 Å². The van der Waals surface area contributed by atoms with Crippen LogP contribution in [0.2, 0.25) is 0 Å². The van der Waals surface area contributed by atoms with Crippen LogP contribution in [0.15, 0.2) is 16.5 Å². The van der Waals surface area contributed by atoms with Crippen molar-refractivity contribution in [3.63, 3.8) is 0 Å². The average Bonchev–Trinajstić information content (AvgIpc) is 2.10. The quantitative estimate of drug-likeness (QED) is 0.546. The maximum Gasteiger partial charge on any atom is 0.124 e. The molecule has 0 amide bonds. The number of hydrogen-bond donors (Lipinski definition) is 0. The summed E-state index contributed by atoms with van der Waals surface area (Å²) in [7, 11) is 0. The lowest BCUT2D eigenvalue weighted by Crippen LogP contribution is -2.07. The lowest BCUT2D eigenvalue weighted by molar-refractivity contribution is 0.487. The minimum Gasteiger partial charge on any atom is -0.458 e. The van der Waals surface area contributed by atoms with Crippen molar-refractivity contribution < 1.29 is 4.42 Å². The van der Waals surface area contributed by atoms with E-state index in [2.05, 4.69) is 33.4 Å². The Kier molecular flexibility index (Phi) is 1.90. The van der Waals surface area contributed by atoms with E-state index in [9.17, 15) is 0 Å². The minimum atomic E-state index is 0.171. The highest BCUT2D eigenvalue weighted by molar-refractivity contribution is 5.25. The first-order valence-electron chi connectivity index (χ1n) is 3.75. The summed E-state index contributed by atoms with van der Waals surface area (Å²) in [5.41, 5.74) is 1.80. The fraction of sp³-hybridized carbons (Fsp3) is 0.400. The van der Waals surface area contributed by atoms with E-state index in [-0.39, 0.29) is 5.41 Å². The van der Waals surface area contributed by atoms with E-state index in [1.165, 1.54) is 0 Å². The normalized spacial score (nSPS) is 13.9. The van der Waals surface area contributed by atoms with Crippen molar-refractivity contribution in [1.29, 1.82) is 0 Å². The zero-order valence-electron chi connectivity index (χ0n) is 7.35. The van der Waals surface area contributed by atoms with Gasteiger partial charge < -0.3 is 4.42 Å². The maximum absolute atomic E-state index is 5.29. The highest BCUT2D eigenvalue weighted by Gasteiger charge is 2.04. The highest BCUT2D eigenvalue weighted by Crippen LogP contribution is 2.13. The van der Waals surface area contributed by atoms with Gasteiger partial charge in [0.15, 0.2) is 0 Å². The summed E-state index contributed by atoms with van der Waals surface area (Å²) in [5.74, 6) is 0. The standard InChI is InChI=1S/C10H14O/c1-8-5-6-9(11-8)7-10(2,3)4/h5-7H,1H2,2-4H3/b9-7+. The van der Waals surface area contributed by atoms with Crippen LogP contribution in [0.1, 0.15) is 20.8 Å². The van der Waals surface area contributed by atoms with Crippen LogP contribution in [0.4, 0.5) is 0 Å². The van der Waals surface area contributed by atoms with E-state index >= 15 is 0 Å². The molecule has 0 saturated carbocycles. The molecule has 60 valence electrons. The molecule has 0 bridgehead atoms. The Hall–Kier alpha value is -0.980. The zero-order chi connectivity index (χ0) is 8.48. The zero-order valence-corrected chi connectivity index (χ0v) is 7.35. The van der Waals surface area contributed by atoms with Gasteiger partial charge in [-0.05, 0) is 23.6 Å². The first-order chi connectivity index (χ1) is 4.97. The molecule has 11 heavy (non-hydrogen) atoms. The van der Waals surface area contributed by atoms with Crippen LogP contribution in [0.5, 0.6) is 0 Å². The van der Waals surface area contributed by atoms with Crippen LogP contribution in [-0.4, -0.2) is 0 Å². The molecular weight excluding hydrogens is 136 g/mol. The smallest absolute Gasteiger partial charge is 0.124 e. The molecule has 1 rings (SSSR count). The summed E-state index contributed by atoms with van der Waals surface area (Å²) >= 11 is 0. The molecule has 0 fully saturated rings. The summed E-state index contributed by atoms with van der Waals surface area (Å²) in [5, 5.41) is 0. The molecule has 1 aromatic heterocycles. The molecular formula is C10H14O. The van der Waals surface area contributed by atoms with Gasteiger partial charge in [-0.2, -0.15) is 0 Å². The number of furan rings is 1. The van der Waals surface area contributed by atoms with E-state index in [1.54, 1.807) is 0 Å². The van der Waals surface area contributed by atoms with E-state index in [1.807, 2.05) is 12.1 Å². The fourth-order valence-electron chi connectivity index (χ4n) is 0.899. The van der Waals surface area contributed by atoms with Crippen molar-refractivity contribution in [3.8, 4) is 0 Å². The summed E-state index contributed by atoms with van der Waals surface area (Å²) in [6.45, 7) is 10.1. The Labute approximate surface area is 67.0 Å². The molecule has 1 nitrogen and oxygen atoms in total. The molecule has 0 radical (unpaired) electrons. The van der Waals surface area contributed by atoms with Gasteiger partial charge in [-0.15, -0.1) is 0 Å². The van der Waals surface area contributed by atoms with Crippen LogP contribution in [0.3, 0.4) is 0 Å². The van der Waals surface area contributed by atoms with Crippen LogP contribution in [0.25, 0.3) is 12.7 Å². The second-order valence-corrected chi connectivity index (χ2v) is 3.81. The summed E-state index contributed by atoms with van der Waals surface area (Å²) < 4.78 is 5.29. The van der Waals surface area contributed by atoms with Gasteiger partial charge >= 0.3 is 0 Å². The van der Waals surface area contributed by atoms with Crippen molar-refractivity contribution in [3.05, 3.63) is 23.0 Å². The highest BCUT2D eigenvalue weighted by atomic mass is 16.3. The molecule has 0 aliphatic carbocycles. The van der Waals surface area contributed by atoms with Gasteiger partial charge in [0.2, 0.25) is 0 Å². The van der Waals surface area contributed by atoms with Gasteiger partial charge in [0, 0.05) is 0 Å². The number of hydrogen-bond acceptors (Lipinski definition) is 1. The predicted molar refractivity (Wildman–Crippen MR) is 47.4 cm³/mol. The monoisotopic (exact) mass is 150 g/mol. The molecule has 0 N–H and O–H groups in total. The molecule has 0 unspecified atom stereocenters. The molecule has 1 heteroatoms. The van der Waals surface area contributed by atoms with Gasteiger partial charge in [-0.1, -0.05) is 27.4 Å². The molecule has 0 saturated heterocycles. The molecule has 1 aromatic rings. The van der Waals surface area contributed by atoms with Crippen molar-refractivity contribution >= 4 is 12.7 Å². The third-order valence-electron chi connectivity index (χ3n) is 1.26. The molecule has 0 atom stereocenters. The maximum atomic E-state index is 5.29. The lowest BCUT2D eigenvalue weighted by Gasteiger charge is -2.09. The second-order valence-electron chi connectivity index (χ2n) is 3.81. The second kappa shape index (κ2) is 2.57. The Morgan fingerprint density at radius 3 is 2.36 bits per heavy atom. The van der Waals surface area contributed by atoms with Gasteiger partial charge in [-0.25, -0.2) is 0 Å². The van der Waals surface area contributed by atoms with E-state index in [4.69, 9.17) is 4.42 Å².